The third-order valence-electron chi connectivity index (χ3n) is 3.20. The Morgan fingerprint density at radius 2 is 0.762 bits per heavy atom. The number of aliphatic hydroxyl groups is 3. The van der Waals surface area contributed by atoms with Crippen LogP contribution in [0.15, 0.2) is 0 Å². The van der Waals surface area contributed by atoms with E-state index in [2.05, 4.69) is 15.0 Å². The molecule has 0 radical (unpaired) electrons. The van der Waals surface area contributed by atoms with Gasteiger partial charge in [-0.15, -0.1) is 0 Å². The lowest BCUT2D eigenvalue weighted by molar-refractivity contribution is 0.283. The van der Waals surface area contributed by atoms with Crippen LogP contribution in [0.4, 0.5) is 0 Å². The Kier molecular flexibility index (Phi) is 9.86. The molecule has 0 bridgehead atoms. The van der Waals surface area contributed by atoms with Crippen molar-refractivity contribution in [2.45, 2.75) is 57.8 Å². The Balaban J connectivity index is 2.65. The first-order valence-electron chi connectivity index (χ1n) is 7.85. The third-order valence-corrected chi connectivity index (χ3v) is 3.20. The molecule has 0 fully saturated rings. The molecule has 0 aromatic carbocycles. The summed E-state index contributed by atoms with van der Waals surface area (Å²) in [6.07, 6.45) is 7.13. The van der Waals surface area contributed by atoms with E-state index in [-0.39, 0.29) is 19.8 Å². The van der Waals surface area contributed by atoms with Gasteiger partial charge in [-0.05, 0) is 38.5 Å². The van der Waals surface area contributed by atoms with Gasteiger partial charge in [0.05, 0.1) is 0 Å². The van der Waals surface area contributed by atoms with E-state index in [1.807, 2.05) is 0 Å². The minimum Gasteiger partial charge on any atom is -0.396 e. The van der Waals surface area contributed by atoms with Gasteiger partial charge in [-0.3, -0.25) is 0 Å². The second kappa shape index (κ2) is 11.5. The molecule has 6 heteroatoms. The standard InChI is InChI=1S/C15H27N3O3/c19-10-4-1-7-13-16-14(8-2-5-11-20)18-15(17-13)9-3-6-12-21/h19-21H,1-12H2. The molecule has 0 unspecified atom stereocenters. The van der Waals surface area contributed by atoms with Crippen LogP contribution in [0.2, 0.25) is 0 Å². The van der Waals surface area contributed by atoms with E-state index in [1.165, 1.54) is 0 Å². The maximum atomic E-state index is 8.84. The van der Waals surface area contributed by atoms with Crippen molar-refractivity contribution >= 4 is 0 Å². The molecule has 120 valence electrons. The van der Waals surface area contributed by atoms with Crippen LogP contribution in [0.25, 0.3) is 0 Å². The van der Waals surface area contributed by atoms with Crippen LogP contribution in [-0.2, 0) is 19.3 Å². The zero-order valence-electron chi connectivity index (χ0n) is 12.7. The quantitative estimate of drug-likeness (QED) is 0.494. The zero-order valence-corrected chi connectivity index (χ0v) is 12.7. The lowest BCUT2D eigenvalue weighted by Gasteiger charge is -2.07. The maximum absolute atomic E-state index is 8.84. The molecule has 1 aromatic rings. The van der Waals surface area contributed by atoms with Crippen LogP contribution < -0.4 is 0 Å². The Morgan fingerprint density at radius 1 is 0.476 bits per heavy atom. The summed E-state index contributed by atoms with van der Waals surface area (Å²) < 4.78 is 0. The molecule has 1 rings (SSSR count). The smallest absolute Gasteiger partial charge is 0.132 e. The normalized spacial score (nSPS) is 11.0. The number of hydrogen-bond acceptors (Lipinski definition) is 6. The summed E-state index contributed by atoms with van der Waals surface area (Å²) in [6.45, 7) is 0.577. The van der Waals surface area contributed by atoms with Crippen LogP contribution in [-0.4, -0.2) is 50.1 Å². The monoisotopic (exact) mass is 297 g/mol. The fourth-order valence-electron chi connectivity index (χ4n) is 2.04. The summed E-state index contributed by atoms with van der Waals surface area (Å²) in [5, 5.41) is 26.5. The predicted molar refractivity (Wildman–Crippen MR) is 79.9 cm³/mol. The van der Waals surface area contributed by atoms with Crippen molar-refractivity contribution < 1.29 is 15.3 Å². The SMILES string of the molecule is OCCCCc1nc(CCCCO)nc(CCCCO)n1. The van der Waals surface area contributed by atoms with Crippen molar-refractivity contribution in [2.75, 3.05) is 19.8 Å². The molecule has 0 saturated heterocycles. The number of aromatic nitrogens is 3. The molecular formula is C15H27N3O3. The first-order valence-corrected chi connectivity index (χ1v) is 7.85. The van der Waals surface area contributed by atoms with Crippen LogP contribution in [0.3, 0.4) is 0 Å². The van der Waals surface area contributed by atoms with E-state index in [0.717, 1.165) is 75.3 Å². The average molecular weight is 297 g/mol. The van der Waals surface area contributed by atoms with Gasteiger partial charge in [0.15, 0.2) is 0 Å². The highest BCUT2D eigenvalue weighted by atomic mass is 16.3. The molecule has 0 aliphatic rings. The van der Waals surface area contributed by atoms with E-state index in [4.69, 9.17) is 15.3 Å². The van der Waals surface area contributed by atoms with Gasteiger partial charge in [-0.2, -0.15) is 0 Å². The third kappa shape index (κ3) is 8.04. The molecule has 0 aliphatic heterocycles. The van der Waals surface area contributed by atoms with Gasteiger partial charge in [0.2, 0.25) is 0 Å². The molecule has 6 nitrogen and oxygen atoms in total. The second-order valence-electron chi connectivity index (χ2n) is 5.13. The fraction of sp³-hybridized carbons (Fsp3) is 0.800. The highest BCUT2D eigenvalue weighted by molar-refractivity contribution is 4.98. The zero-order chi connectivity index (χ0) is 15.3. The van der Waals surface area contributed by atoms with Crippen molar-refractivity contribution in [3.8, 4) is 0 Å². The lowest BCUT2D eigenvalue weighted by atomic mass is 10.2. The van der Waals surface area contributed by atoms with E-state index in [9.17, 15) is 0 Å². The van der Waals surface area contributed by atoms with E-state index >= 15 is 0 Å². The van der Waals surface area contributed by atoms with Gasteiger partial charge < -0.3 is 15.3 Å². The average Bonchev–Trinajstić information content (AvgIpc) is 2.48. The molecule has 0 aliphatic carbocycles. The van der Waals surface area contributed by atoms with E-state index < -0.39 is 0 Å². The van der Waals surface area contributed by atoms with Crippen LogP contribution >= 0.6 is 0 Å². The second-order valence-corrected chi connectivity index (χ2v) is 5.13. The van der Waals surface area contributed by atoms with Gasteiger partial charge in [-0.25, -0.2) is 15.0 Å². The highest BCUT2D eigenvalue weighted by Gasteiger charge is 2.07. The molecule has 1 aromatic heterocycles. The largest absolute Gasteiger partial charge is 0.396 e. The Labute approximate surface area is 126 Å². The summed E-state index contributed by atoms with van der Waals surface area (Å²) in [5.74, 6) is 2.37. The predicted octanol–water partition coefficient (Wildman–Crippen LogP) is 0.817. The Bertz CT molecular complexity index is 319. The van der Waals surface area contributed by atoms with Crippen LogP contribution in [0.1, 0.15) is 56.0 Å². The topological polar surface area (TPSA) is 99.4 Å². The number of hydrogen-bond donors (Lipinski definition) is 3. The molecule has 0 amide bonds. The molecule has 0 saturated carbocycles. The molecule has 21 heavy (non-hydrogen) atoms. The number of aryl methyl sites for hydroxylation is 3. The number of rotatable bonds is 12. The number of unbranched alkanes of at least 4 members (excludes halogenated alkanes) is 3. The highest BCUT2D eigenvalue weighted by Crippen LogP contribution is 2.07. The molecule has 1 heterocycles. The molecular weight excluding hydrogens is 270 g/mol. The van der Waals surface area contributed by atoms with Crippen molar-refractivity contribution in [2.24, 2.45) is 0 Å². The van der Waals surface area contributed by atoms with Gasteiger partial charge >= 0.3 is 0 Å². The van der Waals surface area contributed by atoms with Gasteiger partial charge in [0.1, 0.15) is 17.5 Å². The maximum Gasteiger partial charge on any atom is 0.132 e. The molecule has 0 spiro atoms. The van der Waals surface area contributed by atoms with E-state index in [1.54, 1.807) is 0 Å². The lowest BCUT2D eigenvalue weighted by Crippen LogP contribution is -2.09. The number of nitrogens with zero attached hydrogens (tertiary/aromatic N) is 3. The summed E-state index contributed by atoms with van der Waals surface area (Å²) in [5.41, 5.74) is 0. The van der Waals surface area contributed by atoms with Crippen molar-refractivity contribution in [1.29, 1.82) is 0 Å². The first kappa shape index (κ1) is 17.9. The molecule has 3 N–H and O–H groups in total. The van der Waals surface area contributed by atoms with Crippen molar-refractivity contribution in [3.63, 3.8) is 0 Å². The Hall–Kier alpha value is -1.11. The van der Waals surface area contributed by atoms with Crippen LogP contribution in [0, 0.1) is 0 Å². The summed E-state index contributed by atoms with van der Waals surface area (Å²) in [7, 11) is 0. The van der Waals surface area contributed by atoms with Gasteiger partial charge in [0.25, 0.3) is 0 Å². The fourth-order valence-corrected chi connectivity index (χ4v) is 2.04. The first-order chi connectivity index (χ1) is 10.3. The van der Waals surface area contributed by atoms with Crippen molar-refractivity contribution in [3.05, 3.63) is 17.5 Å². The van der Waals surface area contributed by atoms with Gasteiger partial charge in [-0.1, -0.05) is 0 Å². The van der Waals surface area contributed by atoms with Gasteiger partial charge in [0, 0.05) is 39.1 Å². The summed E-state index contributed by atoms with van der Waals surface area (Å²) in [4.78, 5) is 13.4. The molecule has 0 atom stereocenters. The minimum absolute atomic E-state index is 0.192. The van der Waals surface area contributed by atoms with E-state index in [0.29, 0.717) is 0 Å². The van der Waals surface area contributed by atoms with Crippen LogP contribution in [0.5, 0.6) is 0 Å². The van der Waals surface area contributed by atoms with Crippen molar-refractivity contribution in [1.82, 2.24) is 15.0 Å². The minimum atomic E-state index is 0.192. The number of aliphatic hydroxyl groups excluding tert-OH is 3. The summed E-state index contributed by atoms with van der Waals surface area (Å²) >= 11 is 0. The summed E-state index contributed by atoms with van der Waals surface area (Å²) in [6, 6.07) is 0. The Morgan fingerprint density at radius 3 is 1.00 bits per heavy atom.